The summed E-state index contributed by atoms with van der Waals surface area (Å²) in [5.41, 5.74) is 1.15. The predicted octanol–water partition coefficient (Wildman–Crippen LogP) is 3.06. The van der Waals surface area contributed by atoms with Crippen molar-refractivity contribution < 1.29 is 4.79 Å². The molecule has 2 saturated carbocycles. The van der Waals surface area contributed by atoms with Crippen LogP contribution in [0.3, 0.4) is 0 Å². The summed E-state index contributed by atoms with van der Waals surface area (Å²) in [6.45, 7) is 2.80. The first kappa shape index (κ1) is 12.5. The molecule has 19 heavy (non-hydrogen) atoms. The van der Waals surface area contributed by atoms with Gasteiger partial charge >= 0.3 is 6.03 Å². The van der Waals surface area contributed by atoms with Gasteiger partial charge in [-0.1, -0.05) is 30.3 Å². The summed E-state index contributed by atoms with van der Waals surface area (Å²) < 4.78 is 0. The lowest BCUT2D eigenvalue weighted by molar-refractivity contribution is 0.202. The molecule has 1 aromatic rings. The molecule has 0 radical (unpaired) electrons. The van der Waals surface area contributed by atoms with Gasteiger partial charge in [0.05, 0.1) is 0 Å². The summed E-state index contributed by atoms with van der Waals surface area (Å²) in [5.74, 6) is 1.52. The fourth-order valence-electron chi connectivity index (χ4n) is 3.84. The molecule has 0 aliphatic heterocycles. The number of carbonyl (C=O) groups excluding carboxylic acids is 1. The molecular weight excluding hydrogens is 236 g/mol. The highest BCUT2D eigenvalue weighted by Gasteiger charge is 2.48. The topological polar surface area (TPSA) is 41.1 Å². The van der Waals surface area contributed by atoms with Crippen molar-refractivity contribution in [1.82, 2.24) is 10.6 Å². The standard InChI is InChI=1S/C16H22N2O/c1-16(10-13-7-8-14(16)9-13)18-15(19)17-11-12-5-3-2-4-6-12/h2-6,13-14H,7-11H2,1H3,(H2,17,18,19). The zero-order chi connectivity index (χ0) is 13.3. The third-order valence-corrected chi connectivity index (χ3v) is 4.85. The highest BCUT2D eigenvalue weighted by molar-refractivity contribution is 5.74. The van der Waals surface area contributed by atoms with E-state index in [-0.39, 0.29) is 11.6 Å². The van der Waals surface area contributed by atoms with Crippen LogP contribution in [0.15, 0.2) is 30.3 Å². The average Bonchev–Trinajstić information content (AvgIpc) is 2.97. The lowest BCUT2D eigenvalue weighted by Gasteiger charge is -2.35. The highest BCUT2D eigenvalue weighted by atomic mass is 16.2. The predicted molar refractivity (Wildman–Crippen MR) is 75.7 cm³/mol. The molecule has 1 aromatic carbocycles. The second-order valence-electron chi connectivity index (χ2n) is 6.29. The first-order valence-electron chi connectivity index (χ1n) is 7.26. The molecule has 0 saturated heterocycles. The molecule has 2 N–H and O–H groups in total. The van der Waals surface area contributed by atoms with Crippen LogP contribution in [0.1, 0.15) is 38.2 Å². The van der Waals surface area contributed by atoms with Crippen LogP contribution in [0.2, 0.25) is 0 Å². The summed E-state index contributed by atoms with van der Waals surface area (Å²) in [7, 11) is 0. The number of hydrogen-bond donors (Lipinski definition) is 2. The molecule has 2 bridgehead atoms. The van der Waals surface area contributed by atoms with Crippen LogP contribution in [-0.4, -0.2) is 11.6 Å². The van der Waals surface area contributed by atoms with E-state index in [4.69, 9.17) is 0 Å². The van der Waals surface area contributed by atoms with E-state index in [1.54, 1.807) is 0 Å². The molecule has 3 rings (SSSR count). The highest BCUT2D eigenvalue weighted by Crippen LogP contribution is 2.50. The van der Waals surface area contributed by atoms with E-state index in [1.165, 1.54) is 19.3 Å². The Hall–Kier alpha value is -1.51. The maximum Gasteiger partial charge on any atom is 0.315 e. The minimum absolute atomic E-state index is 0.0175. The number of nitrogens with one attached hydrogen (secondary N) is 2. The van der Waals surface area contributed by atoms with Crippen molar-refractivity contribution in [2.75, 3.05) is 0 Å². The normalized spacial score (nSPS) is 32.3. The number of rotatable bonds is 3. The van der Waals surface area contributed by atoms with Crippen LogP contribution in [0.4, 0.5) is 4.79 Å². The van der Waals surface area contributed by atoms with Crippen LogP contribution in [0.25, 0.3) is 0 Å². The molecule has 3 nitrogen and oxygen atoms in total. The van der Waals surface area contributed by atoms with Crippen LogP contribution in [0.5, 0.6) is 0 Å². The Kier molecular flexibility index (Phi) is 3.21. The molecule has 2 fully saturated rings. The number of urea groups is 1. The molecule has 2 aliphatic rings. The zero-order valence-corrected chi connectivity index (χ0v) is 11.5. The minimum atomic E-state index is -0.0288. The van der Waals surface area contributed by atoms with Crippen molar-refractivity contribution >= 4 is 6.03 Å². The fourth-order valence-corrected chi connectivity index (χ4v) is 3.84. The Balaban J connectivity index is 1.52. The van der Waals surface area contributed by atoms with E-state index in [0.29, 0.717) is 12.5 Å². The van der Waals surface area contributed by atoms with Crippen LogP contribution >= 0.6 is 0 Å². The van der Waals surface area contributed by atoms with Gasteiger partial charge in [-0.05, 0) is 50.0 Å². The van der Waals surface area contributed by atoms with Gasteiger partial charge in [-0.2, -0.15) is 0 Å². The van der Waals surface area contributed by atoms with Crippen molar-refractivity contribution in [2.45, 2.75) is 44.7 Å². The number of amides is 2. The maximum atomic E-state index is 12.0. The fraction of sp³-hybridized carbons (Fsp3) is 0.562. The number of carbonyl (C=O) groups is 1. The van der Waals surface area contributed by atoms with Gasteiger partial charge < -0.3 is 10.6 Å². The zero-order valence-electron chi connectivity index (χ0n) is 11.5. The Labute approximate surface area is 114 Å². The van der Waals surface area contributed by atoms with Crippen molar-refractivity contribution in [2.24, 2.45) is 11.8 Å². The van der Waals surface area contributed by atoms with Crippen molar-refractivity contribution in [3.63, 3.8) is 0 Å². The Bertz CT molecular complexity index is 459. The van der Waals surface area contributed by atoms with E-state index in [2.05, 4.69) is 17.6 Å². The molecule has 0 aromatic heterocycles. The molecule has 2 amide bonds. The summed E-state index contributed by atoms with van der Waals surface area (Å²) in [6.07, 6.45) is 5.08. The molecule has 3 unspecified atom stereocenters. The van der Waals surface area contributed by atoms with Gasteiger partial charge in [0, 0.05) is 12.1 Å². The second kappa shape index (κ2) is 4.87. The molecule has 2 aliphatic carbocycles. The van der Waals surface area contributed by atoms with Crippen molar-refractivity contribution in [3.05, 3.63) is 35.9 Å². The van der Waals surface area contributed by atoms with Gasteiger partial charge in [0.25, 0.3) is 0 Å². The van der Waals surface area contributed by atoms with Gasteiger partial charge in [0.2, 0.25) is 0 Å². The summed E-state index contributed by atoms with van der Waals surface area (Å²) in [6, 6.07) is 10.00. The van der Waals surface area contributed by atoms with E-state index in [9.17, 15) is 4.79 Å². The molecule has 0 spiro atoms. The maximum absolute atomic E-state index is 12.0. The smallest absolute Gasteiger partial charge is 0.315 e. The van der Waals surface area contributed by atoms with Crippen LogP contribution in [-0.2, 0) is 6.54 Å². The third kappa shape index (κ3) is 2.60. The molecule has 102 valence electrons. The second-order valence-corrected chi connectivity index (χ2v) is 6.29. The van der Waals surface area contributed by atoms with Gasteiger partial charge in [-0.25, -0.2) is 4.79 Å². The molecular formula is C16H22N2O. The van der Waals surface area contributed by atoms with E-state index in [0.717, 1.165) is 17.9 Å². The lowest BCUT2D eigenvalue weighted by atomic mass is 9.83. The Morgan fingerprint density at radius 1 is 1.32 bits per heavy atom. The first-order chi connectivity index (χ1) is 9.16. The van der Waals surface area contributed by atoms with E-state index >= 15 is 0 Å². The molecule has 0 heterocycles. The van der Waals surface area contributed by atoms with Crippen LogP contribution < -0.4 is 10.6 Å². The number of hydrogen-bond acceptors (Lipinski definition) is 1. The van der Waals surface area contributed by atoms with Crippen molar-refractivity contribution in [3.8, 4) is 0 Å². The van der Waals surface area contributed by atoms with E-state index < -0.39 is 0 Å². The summed E-state index contributed by atoms with van der Waals surface area (Å²) in [4.78, 5) is 12.0. The SMILES string of the molecule is CC1(NC(=O)NCc2ccccc2)CC2CCC1C2. The third-order valence-electron chi connectivity index (χ3n) is 4.85. The quantitative estimate of drug-likeness (QED) is 0.859. The summed E-state index contributed by atoms with van der Waals surface area (Å²) >= 11 is 0. The average molecular weight is 258 g/mol. The largest absolute Gasteiger partial charge is 0.334 e. The minimum Gasteiger partial charge on any atom is -0.334 e. The lowest BCUT2D eigenvalue weighted by Crippen LogP contribution is -2.53. The van der Waals surface area contributed by atoms with Crippen LogP contribution in [0, 0.1) is 11.8 Å². The molecule has 3 heteroatoms. The molecule has 3 atom stereocenters. The van der Waals surface area contributed by atoms with Gasteiger partial charge in [-0.3, -0.25) is 0 Å². The Morgan fingerprint density at radius 3 is 2.74 bits per heavy atom. The number of fused-ring (bicyclic) bond motifs is 2. The van der Waals surface area contributed by atoms with E-state index in [1.807, 2.05) is 30.3 Å². The van der Waals surface area contributed by atoms with Gasteiger partial charge in [-0.15, -0.1) is 0 Å². The first-order valence-corrected chi connectivity index (χ1v) is 7.26. The Morgan fingerprint density at radius 2 is 2.11 bits per heavy atom. The monoisotopic (exact) mass is 258 g/mol. The van der Waals surface area contributed by atoms with Gasteiger partial charge in [0.1, 0.15) is 0 Å². The summed E-state index contributed by atoms with van der Waals surface area (Å²) in [5, 5.41) is 6.17. The van der Waals surface area contributed by atoms with Gasteiger partial charge in [0.15, 0.2) is 0 Å². The van der Waals surface area contributed by atoms with Crippen molar-refractivity contribution in [1.29, 1.82) is 0 Å². The number of benzene rings is 1.